The summed E-state index contributed by atoms with van der Waals surface area (Å²) in [5.41, 5.74) is 3.34. The largest absolute Gasteiger partial charge is 0.339 e. The second-order valence-electron chi connectivity index (χ2n) is 8.50. The van der Waals surface area contributed by atoms with Crippen LogP contribution in [0.25, 0.3) is 0 Å². The normalized spacial score (nSPS) is 19.5. The molecule has 0 aliphatic carbocycles. The van der Waals surface area contributed by atoms with E-state index in [1.807, 2.05) is 43.3 Å². The summed E-state index contributed by atoms with van der Waals surface area (Å²) >= 11 is 0. The van der Waals surface area contributed by atoms with Gasteiger partial charge in [-0.15, -0.1) is 0 Å². The first-order valence-corrected chi connectivity index (χ1v) is 12.4. The summed E-state index contributed by atoms with van der Waals surface area (Å²) < 4.78 is 25.4. The average Bonchev–Trinajstić information content (AvgIpc) is 3.11. The van der Waals surface area contributed by atoms with Crippen LogP contribution in [0.1, 0.15) is 51.1 Å². The SMILES string of the molecule is Cc1ccc(C(=O)C2CCN(C(=O)c3ccc(CN4CCCS4(=O)=O)cc3)CC2)cc1. The second-order valence-corrected chi connectivity index (χ2v) is 10.6. The summed E-state index contributed by atoms with van der Waals surface area (Å²) in [6, 6.07) is 14.9. The number of sulfonamides is 1. The summed E-state index contributed by atoms with van der Waals surface area (Å²) in [6.07, 6.45) is 2.01. The van der Waals surface area contributed by atoms with E-state index in [4.69, 9.17) is 0 Å². The second kappa shape index (κ2) is 8.93. The zero-order valence-corrected chi connectivity index (χ0v) is 18.6. The van der Waals surface area contributed by atoms with Gasteiger partial charge in [-0.1, -0.05) is 42.0 Å². The van der Waals surface area contributed by atoms with Crippen LogP contribution in [-0.2, 0) is 16.6 Å². The van der Waals surface area contributed by atoms with Crippen LogP contribution in [0.15, 0.2) is 48.5 Å². The fourth-order valence-electron chi connectivity index (χ4n) is 4.31. The molecule has 2 heterocycles. The van der Waals surface area contributed by atoms with Crippen molar-refractivity contribution in [2.24, 2.45) is 5.92 Å². The summed E-state index contributed by atoms with van der Waals surface area (Å²) in [6.45, 7) is 4.03. The van der Waals surface area contributed by atoms with E-state index in [-0.39, 0.29) is 23.4 Å². The molecule has 2 aromatic rings. The summed E-state index contributed by atoms with van der Waals surface area (Å²) in [4.78, 5) is 27.4. The van der Waals surface area contributed by atoms with Crippen LogP contribution in [0.5, 0.6) is 0 Å². The Labute approximate surface area is 183 Å². The molecule has 2 aromatic carbocycles. The van der Waals surface area contributed by atoms with Crippen molar-refractivity contribution in [2.75, 3.05) is 25.4 Å². The maximum Gasteiger partial charge on any atom is 0.253 e. The van der Waals surface area contributed by atoms with Crippen molar-refractivity contribution in [1.29, 1.82) is 0 Å². The van der Waals surface area contributed by atoms with Crippen molar-refractivity contribution >= 4 is 21.7 Å². The standard InChI is InChI=1S/C24H28N2O4S/c1-18-3-7-20(8-4-18)23(27)21-11-14-25(15-12-21)24(28)22-9-5-19(6-10-22)17-26-13-2-16-31(26,29)30/h3-10,21H,2,11-17H2,1H3. The van der Waals surface area contributed by atoms with Crippen LogP contribution >= 0.6 is 0 Å². The van der Waals surface area contributed by atoms with E-state index >= 15 is 0 Å². The number of rotatable bonds is 5. The van der Waals surface area contributed by atoms with E-state index in [2.05, 4.69) is 0 Å². The molecule has 0 aromatic heterocycles. The number of carbonyl (C=O) groups is 2. The third kappa shape index (κ3) is 4.88. The Balaban J connectivity index is 1.33. The molecule has 2 aliphatic rings. The van der Waals surface area contributed by atoms with Crippen molar-refractivity contribution in [3.8, 4) is 0 Å². The first-order chi connectivity index (χ1) is 14.8. The van der Waals surface area contributed by atoms with Crippen LogP contribution in [0.2, 0.25) is 0 Å². The zero-order valence-electron chi connectivity index (χ0n) is 17.8. The third-order valence-corrected chi connectivity index (χ3v) is 8.16. The van der Waals surface area contributed by atoms with Gasteiger partial charge in [0.05, 0.1) is 5.75 Å². The van der Waals surface area contributed by atoms with Crippen LogP contribution in [0.4, 0.5) is 0 Å². The molecule has 6 nitrogen and oxygen atoms in total. The van der Waals surface area contributed by atoms with Gasteiger partial charge in [0.15, 0.2) is 5.78 Å². The highest BCUT2D eigenvalue weighted by atomic mass is 32.2. The molecular formula is C24H28N2O4S. The minimum atomic E-state index is -3.13. The average molecular weight is 441 g/mol. The van der Waals surface area contributed by atoms with E-state index in [9.17, 15) is 18.0 Å². The minimum absolute atomic E-state index is 0.0402. The van der Waals surface area contributed by atoms with Gasteiger partial charge >= 0.3 is 0 Å². The lowest BCUT2D eigenvalue weighted by Gasteiger charge is -2.31. The smallest absolute Gasteiger partial charge is 0.253 e. The molecule has 0 N–H and O–H groups in total. The number of aryl methyl sites for hydroxylation is 1. The molecule has 31 heavy (non-hydrogen) atoms. The van der Waals surface area contributed by atoms with Crippen LogP contribution in [0.3, 0.4) is 0 Å². The molecule has 2 aliphatic heterocycles. The first kappa shape index (κ1) is 21.7. The monoisotopic (exact) mass is 440 g/mol. The Morgan fingerprint density at radius 1 is 0.903 bits per heavy atom. The third-order valence-electron chi connectivity index (χ3n) is 6.25. The van der Waals surface area contributed by atoms with E-state index in [0.717, 1.165) is 16.7 Å². The Morgan fingerprint density at radius 3 is 2.10 bits per heavy atom. The van der Waals surface area contributed by atoms with Crippen LogP contribution < -0.4 is 0 Å². The molecule has 7 heteroatoms. The van der Waals surface area contributed by atoms with Crippen molar-refractivity contribution in [2.45, 2.75) is 32.7 Å². The molecule has 2 saturated heterocycles. The Kier molecular flexibility index (Phi) is 6.25. The van der Waals surface area contributed by atoms with Gasteiger partial charge in [0, 0.05) is 43.2 Å². The maximum atomic E-state index is 12.9. The molecular weight excluding hydrogens is 412 g/mol. The van der Waals surface area contributed by atoms with Crippen LogP contribution in [-0.4, -0.2) is 54.7 Å². The number of hydrogen-bond acceptors (Lipinski definition) is 4. The molecule has 2 fully saturated rings. The van der Waals surface area contributed by atoms with Crippen LogP contribution in [0, 0.1) is 12.8 Å². The minimum Gasteiger partial charge on any atom is -0.339 e. The van der Waals surface area contributed by atoms with E-state index in [0.29, 0.717) is 51.0 Å². The number of carbonyl (C=O) groups excluding carboxylic acids is 2. The number of Topliss-reactive ketones (excluding diaryl/α,β-unsaturated/α-hetero) is 1. The molecule has 0 radical (unpaired) electrons. The summed E-state index contributed by atoms with van der Waals surface area (Å²) in [7, 11) is -3.13. The lowest BCUT2D eigenvalue weighted by atomic mass is 9.88. The number of piperidine rings is 1. The fourth-order valence-corrected chi connectivity index (χ4v) is 5.81. The highest BCUT2D eigenvalue weighted by molar-refractivity contribution is 7.89. The predicted molar refractivity (Wildman–Crippen MR) is 119 cm³/mol. The van der Waals surface area contributed by atoms with Crippen molar-refractivity contribution in [1.82, 2.24) is 9.21 Å². The van der Waals surface area contributed by atoms with Crippen molar-refractivity contribution < 1.29 is 18.0 Å². The molecule has 0 spiro atoms. The van der Waals surface area contributed by atoms with Crippen molar-refractivity contribution in [3.63, 3.8) is 0 Å². The highest BCUT2D eigenvalue weighted by Crippen LogP contribution is 2.24. The number of hydrogen-bond donors (Lipinski definition) is 0. The maximum absolute atomic E-state index is 12.9. The Bertz CT molecular complexity index is 1050. The number of amides is 1. The zero-order chi connectivity index (χ0) is 22.0. The number of likely N-dealkylation sites (tertiary alicyclic amines) is 1. The van der Waals surface area contributed by atoms with Crippen molar-refractivity contribution in [3.05, 3.63) is 70.8 Å². The fraction of sp³-hybridized carbons (Fsp3) is 0.417. The molecule has 0 saturated carbocycles. The molecule has 4 rings (SSSR count). The van der Waals surface area contributed by atoms with E-state index in [1.165, 1.54) is 4.31 Å². The molecule has 1 amide bonds. The lowest BCUT2D eigenvalue weighted by Crippen LogP contribution is -2.40. The van der Waals surface area contributed by atoms with Gasteiger partial charge in [-0.2, -0.15) is 4.31 Å². The van der Waals surface area contributed by atoms with E-state index < -0.39 is 10.0 Å². The quantitative estimate of drug-likeness (QED) is 0.669. The molecule has 0 unspecified atom stereocenters. The van der Waals surface area contributed by atoms with Gasteiger partial charge < -0.3 is 4.90 Å². The topological polar surface area (TPSA) is 74.8 Å². The number of nitrogens with zero attached hydrogens (tertiary/aromatic N) is 2. The number of benzene rings is 2. The van der Waals surface area contributed by atoms with Gasteiger partial charge in [0.1, 0.15) is 0 Å². The number of ketones is 1. The van der Waals surface area contributed by atoms with Gasteiger partial charge in [0.2, 0.25) is 10.0 Å². The highest BCUT2D eigenvalue weighted by Gasteiger charge is 2.29. The molecule has 0 atom stereocenters. The predicted octanol–water partition coefficient (Wildman–Crippen LogP) is 3.27. The summed E-state index contributed by atoms with van der Waals surface area (Å²) in [5.74, 6) is 0.290. The Hall–Kier alpha value is -2.51. The lowest BCUT2D eigenvalue weighted by molar-refractivity contribution is 0.0650. The Morgan fingerprint density at radius 2 is 1.52 bits per heavy atom. The molecule has 164 valence electrons. The molecule has 0 bridgehead atoms. The first-order valence-electron chi connectivity index (χ1n) is 10.8. The van der Waals surface area contributed by atoms with Gasteiger partial charge in [-0.3, -0.25) is 9.59 Å². The van der Waals surface area contributed by atoms with E-state index in [1.54, 1.807) is 17.0 Å². The van der Waals surface area contributed by atoms with Gasteiger partial charge in [-0.25, -0.2) is 8.42 Å². The summed E-state index contributed by atoms with van der Waals surface area (Å²) in [5, 5.41) is 0. The van der Waals surface area contributed by atoms with Gasteiger partial charge in [-0.05, 0) is 43.9 Å². The van der Waals surface area contributed by atoms with Gasteiger partial charge in [0.25, 0.3) is 5.91 Å².